The predicted molar refractivity (Wildman–Crippen MR) is 77.8 cm³/mol. The highest BCUT2D eigenvalue weighted by Crippen LogP contribution is 2.15. The number of carbonyl (C=O) groups is 1. The van der Waals surface area contributed by atoms with Gasteiger partial charge in [0.15, 0.2) is 6.61 Å². The van der Waals surface area contributed by atoms with E-state index in [0.717, 1.165) is 38.2 Å². The first-order valence-corrected chi connectivity index (χ1v) is 7.29. The van der Waals surface area contributed by atoms with Crippen LogP contribution < -0.4 is 4.74 Å². The highest BCUT2D eigenvalue weighted by molar-refractivity contribution is 5.77. The Balaban J connectivity index is 1.66. The van der Waals surface area contributed by atoms with Crippen LogP contribution in [0.15, 0.2) is 30.3 Å². The number of nitrogens with zero attached hydrogens (tertiary/aromatic N) is 1. The van der Waals surface area contributed by atoms with E-state index in [0.29, 0.717) is 6.10 Å². The molecule has 2 rings (SSSR count). The fraction of sp³-hybridized carbons (Fsp3) is 0.562. The van der Waals surface area contributed by atoms with Gasteiger partial charge in [-0.3, -0.25) is 4.79 Å². The Morgan fingerprint density at radius 2 is 2.15 bits per heavy atom. The molecule has 1 aromatic rings. The number of likely N-dealkylation sites (N-methyl/N-ethyl adjacent to an activating group) is 1. The van der Waals surface area contributed by atoms with Gasteiger partial charge in [-0.15, -0.1) is 0 Å². The van der Waals surface area contributed by atoms with Gasteiger partial charge in [-0.25, -0.2) is 0 Å². The van der Waals surface area contributed by atoms with Crippen molar-refractivity contribution in [2.24, 2.45) is 0 Å². The van der Waals surface area contributed by atoms with Crippen molar-refractivity contribution in [3.63, 3.8) is 0 Å². The van der Waals surface area contributed by atoms with E-state index in [-0.39, 0.29) is 12.5 Å². The molecule has 110 valence electrons. The maximum Gasteiger partial charge on any atom is 0.260 e. The number of para-hydroxylation sites is 1. The molecule has 1 saturated heterocycles. The molecular weight excluding hydrogens is 254 g/mol. The van der Waals surface area contributed by atoms with E-state index >= 15 is 0 Å². The van der Waals surface area contributed by atoms with Crippen LogP contribution in [0.25, 0.3) is 0 Å². The number of benzene rings is 1. The molecule has 0 N–H and O–H groups in total. The fourth-order valence-electron chi connectivity index (χ4n) is 2.27. The number of rotatable bonds is 6. The van der Waals surface area contributed by atoms with Crippen LogP contribution in [0, 0.1) is 0 Å². The Bertz CT molecular complexity index is 401. The normalized spacial score (nSPS) is 18.6. The summed E-state index contributed by atoms with van der Waals surface area (Å²) in [7, 11) is 1.82. The smallest absolute Gasteiger partial charge is 0.260 e. The number of ether oxygens (including phenoxy) is 2. The van der Waals surface area contributed by atoms with Crippen LogP contribution in [0.2, 0.25) is 0 Å². The van der Waals surface area contributed by atoms with Crippen molar-refractivity contribution in [2.45, 2.75) is 31.8 Å². The van der Waals surface area contributed by atoms with Gasteiger partial charge in [0.2, 0.25) is 0 Å². The monoisotopic (exact) mass is 277 g/mol. The molecule has 1 amide bonds. The SMILES string of the molecule is CN(CCC1CCCCO1)C(=O)COc1ccccc1. The largest absolute Gasteiger partial charge is 0.484 e. The summed E-state index contributed by atoms with van der Waals surface area (Å²) < 4.78 is 11.1. The first-order valence-electron chi connectivity index (χ1n) is 7.29. The average Bonchev–Trinajstić information content (AvgIpc) is 2.52. The van der Waals surface area contributed by atoms with Gasteiger partial charge in [-0.05, 0) is 37.8 Å². The number of hydrogen-bond acceptors (Lipinski definition) is 3. The number of amides is 1. The molecule has 1 aliphatic rings. The summed E-state index contributed by atoms with van der Waals surface area (Å²) in [5.41, 5.74) is 0. The molecule has 0 spiro atoms. The molecule has 0 radical (unpaired) electrons. The van der Waals surface area contributed by atoms with Crippen LogP contribution in [-0.4, -0.2) is 43.7 Å². The lowest BCUT2D eigenvalue weighted by atomic mass is 10.1. The third-order valence-corrected chi connectivity index (χ3v) is 3.59. The van der Waals surface area contributed by atoms with Crippen molar-refractivity contribution in [1.29, 1.82) is 0 Å². The summed E-state index contributed by atoms with van der Waals surface area (Å²) in [4.78, 5) is 13.7. The van der Waals surface area contributed by atoms with Crippen molar-refractivity contribution < 1.29 is 14.3 Å². The Labute approximate surface area is 120 Å². The zero-order valence-corrected chi connectivity index (χ0v) is 12.1. The van der Waals surface area contributed by atoms with Gasteiger partial charge in [0.25, 0.3) is 5.91 Å². The van der Waals surface area contributed by atoms with Crippen LogP contribution in [-0.2, 0) is 9.53 Å². The molecule has 0 bridgehead atoms. The number of hydrogen-bond donors (Lipinski definition) is 0. The van der Waals surface area contributed by atoms with Crippen molar-refractivity contribution in [3.05, 3.63) is 30.3 Å². The van der Waals surface area contributed by atoms with Gasteiger partial charge < -0.3 is 14.4 Å². The first kappa shape index (κ1) is 14.9. The van der Waals surface area contributed by atoms with Crippen LogP contribution in [0.4, 0.5) is 0 Å². The topological polar surface area (TPSA) is 38.8 Å². The first-order chi connectivity index (χ1) is 9.75. The molecule has 0 aliphatic carbocycles. The molecule has 1 heterocycles. The lowest BCUT2D eigenvalue weighted by Crippen LogP contribution is -2.34. The summed E-state index contributed by atoms with van der Waals surface area (Å²) in [5, 5.41) is 0. The van der Waals surface area contributed by atoms with Crippen LogP contribution in [0.1, 0.15) is 25.7 Å². The van der Waals surface area contributed by atoms with E-state index in [9.17, 15) is 4.79 Å². The molecule has 4 heteroatoms. The summed E-state index contributed by atoms with van der Waals surface area (Å²) in [6.07, 6.45) is 4.74. The van der Waals surface area contributed by atoms with E-state index in [1.165, 1.54) is 6.42 Å². The molecule has 0 aromatic heterocycles. The molecule has 1 unspecified atom stereocenters. The maximum atomic E-state index is 11.9. The summed E-state index contributed by atoms with van der Waals surface area (Å²) >= 11 is 0. The minimum atomic E-state index is 0.00432. The van der Waals surface area contributed by atoms with Gasteiger partial charge in [-0.1, -0.05) is 18.2 Å². The zero-order chi connectivity index (χ0) is 14.2. The Morgan fingerprint density at radius 1 is 1.35 bits per heavy atom. The second-order valence-electron chi connectivity index (χ2n) is 5.19. The van der Waals surface area contributed by atoms with E-state index in [2.05, 4.69) is 0 Å². The molecular formula is C16H23NO3. The van der Waals surface area contributed by atoms with E-state index in [4.69, 9.17) is 9.47 Å². The lowest BCUT2D eigenvalue weighted by molar-refractivity contribution is -0.132. The number of carbonyl (C=O) groups excluding carboxylic acids is 1. The summed E-state index contributed by atoms with van der Waals surface area (Å²) in [6.45, 7) is 1.67. The lowest BCUT2D eigenvalue weighted by Gasteiger charge is -2.25. The van der Waals surface area contributed by atoms with Crippen molar-refractivity contribution in [1.82, 2.24) is 4.90 Å². The Kier molecular flexibility index (Phi) is 5.87. The minimum Gasteiger partial charge on any atom is -0.484 e. The fourth-order valence-corrected chi connectivity index (χ4v) is 2.27. The molecule has 20 heavy (non-hydrogen) atoms. The third kappa shape index (κ3) is 4.85. The molecule has 1 atom stereocenters. The highest BCUT2D eigenvalue weighted by Gasteiger charge is 2.16. The van der Waals surface area contributed by atoms with E-state index in [1.54, 1.807) is 4.90 Å². The molecule has 1 aliphatic heterocycles. The van der Waals surface area contributed by atoms with Gasteiger partial charge in [0, 0.05) is 20.2 Å². The highest BCUT2D eigenvalue weighted by atomic mass is 16.5. The van der Waals surface area contributed by atoms with Gasteiger partial charge in [0.05, 0.1) is 6.10 Å². The van der Waals surface area contributed by atoms with Crippen molar-refractivity contribution in [2.75, 3.05) is 26.8 Å². The molecule has 1 aromatic carbocycles. The third-order valence-electron chi connectivity index (χ3n) is 3.59. The van der Waals surface area contributed by atoms with Crippen molar-refractivity contribution in [3.8, 4) is 5.75 Å². The maximum absolute atomic E-state index is 11.9. The van der Waals surface area contributed by atoms with Crippen molar-refractivity contribution >= 4 is 5.91 Å². The standard InChI is InChI=1S/C16H23NO3/c1-17(11-10-15-9-5-6-12-19-15)16(18)13-20-14-7-3-2-4-8-14/h2-4,7-8,15H,5-6,9-13H2,1H3. The average molecular weight is 277 g/mol. The Hall–Kier alpha value is -1.55. The quantitative estimate of drug-likeness (QED) is 0.802. The molecule has 4 nitrogen and oxygen atoms in total. The second-order valence-corrected chi connectivity index (χ2v) is 5.19. The minimum absolute atomic E-state index is 0.00432. The van der Waals surface area contributed by atoms with Gasteiger partial charge in [-0.2, -0.15) is 0 Å². The summed E-state index contributed by atoms with van der Waals surface area (Å²) in [6, 6.07) is 9.41. The van der Waals surface area contributed by atoms with Gasteiger partial charge in [0.1, 0.15) is 5.75 Å². The molecule has 0 saturated carbocycles. The van der Waals surface area contributed by atoms with Crippen LogP contribution >= 0.6 is 0 Å². The van der Waals surface area contributed by atoms with Gasteiger partial charge >= 0.3 is 0 Å². The predicted octanol–water partition coefficient (Wildman–Crippen LogP) is 2.48. The zero-order valence-electron chi connectivity index (χ0n) is 12.1. The van der Waals surface area contributed by atoms with E-state index < -0.39 is 0 Å². The van der Waals surface area contributed by atoms with Crippen LogP contribution in [0.5, 0.6) is 5.75 Å². The van der Waals surface area contributed by atoms with Crippen LogP contribution in [0.3, 0.4) is 0 Å². The summed E-state index contributed by atoms with van der Waals surface area (Å²) in [5.74, 6) is 0.731. The second kappa shape index (κ2) is 7.90. The van der Waals surface area contributed by atoms with E-state index in [1.807, 2.05) is 37.4 Å². The Morgan fingerprint density at radius 3 is 2.85 bits per heavy atom. The molecule has 1 fully saturated rings.